The summed E-state index contributed by atoms with van der Waals surface area (Å²) in [5.41, 5.74) is 2.04. The van der Waals surface area contributed by atoms with E-state index in [0.717, 1.165) is 10.3 Å². The second kappa shape index (κ2) is 6.92. The molecule has 1 atom stereocenters. The van der Waals surface area contributed by atoms with Crippen molar-refractivity contribution in [2.75, 3.05) is 0 Å². The zero-order valence-electron chi connectivity index (χ0n) is 12.4. The number of fused-ring (bicyclic) bond motifs is 1. The first kappa shape index (κ1) is 16.9. The first-order valence-electron chi connectivity index (χ1n) is 6.88. The van der Waals surface area contributed by atoms with Gasteiger partial charge < -0.3 is 9.39 Å². The molecule has 3 aromatic rings. The van der Waals surface area contributed by atoms with Crippen molar-refractivity contribution >= 4 is 33.8 Å². The molecule has 1 aromatic carbocycles. The number of aryl methyl sites for hydroxylation is 1. The van der Waals surface area contributed by atoms with Crippen molar-refractivity contribution in [3.63, 3.8) is 0 Å². The van der Waals surface area contributed by atoms with Gasteiger partial charge in [0.05, 0.1) is 11.2 Å². The van der Waals surface area contributed by atoms with Crippen LogP contribution in [0.1, 0.15) is 11.3 Å². The number of halogens is 3. The van der Waals surface area contributed by atoms with E-state index in [1.807, 2.05) is 13.0 Å². The Kier molecular flexibility index (Phi) is 4.88. The molecule has 0 aliphatic carbocycles. The Labute approximate surface area is 144 Å². The number of hydrogen-bond donors (Lipinski definition) is 0. The second-order valence-corrected chi connectivity index (χ2v) is 6.73. The number of aromatic nitrogens is 3. The van der Waals surface area contributed by atoms with Crippen molar-refractivity contribution in [3.8, 4) is 0 Å². The van der Waals surface area contributed by atoms with Crippen LogP contribution in [0.3, 0.4) is 0 Å². The van der Waals surface area contributed by atoms with Crippen LogP contribution < -0.4 is 4.84 Å². The van der Waals surface area contributed by atoms with E-state index in [-0.39, 0.29) is 16.4 Å². The van der Waals surface area contributed by atoms with Crippen molar-refractivity contribution in [3.05, 3.63) is 52.8 Å². The Hall–Kier alpha value is -1.90. The maximum atomic E-state index is 12.7. The predicted octanol–water partition coefficient (Wildman–Crippen LogP) is 3.35. The van der Waals surface area contributed by atoms with Crippen LogP contribution in [0.4, 0.5) is 8.78 Å². The Bertz CT molecular complexity index is 875. The number of hydrogen-bond acceptors (Lipinski definition) is 4. The number of alkyl halides is 2. The zero-order chi connectivity index (χ0) is 17.3. The van der Waals surface area contributed by atoms with Gasteiger partial charge in [-0.1, -0.05) is 17.7 Å². The monoisotopic (exact) mass is 371 g/mol. The normalized spacial score (nSPS) is 12.8. The molecule has 0 saturated heterocycles. The van der Waals surface area contributed by atoms with Gasteiger partial charge in [-0.3, -0.25) is 4.98 Å². The van der Waals surface area contributed by atoms with Crippen LogP contribution in [0.5, 0.6) is 0 Å². The summed E-state index contributed by atoms with van der Waals surface area (Å²) in [6, 6.07) is 8.10. The molecule has 1 unspecified atom stereocenters. The largest absolute Gasteiger partial charge is 0.609 e. The fourth-order valence-electron chi connectivity index (χ4n) is 2.19. The van der Waals surface area contributed by atoms with Gasteiger partial charge in [0.25, 0.3) is 0 Å². The van der Waals surface area contributed by atoms with Gasteiger partial charge >= 0.3 is 11.8 Å². The van der Waals surface area contributed by atoms with Gasteiger partial charge in [-0.15, -0.1) is 4.73 Å². The molecule has 5 nitrogen and oxygen atoms in total. The fraction of sp³-hybridized carbons (Fsp3) is 0.200. The van der Waals surface area contributed by atoms with Crippen LogP contribution in [0.2, 0.25) is 5.02 Å². The van der Waals surface area contributed by atoms with Crippen molar-refractivity contribution in [2.24, 2.45) is 0 Å². The van der Waals surface area contributed by atoms with Crippen LogP contribution in [0.25, 0.3) is 11.0 Å². The lowest BCUT2D eigenvalue weighted by molar-refractivity contribution is -0.136. The third kappa shape index (κ3) is 3.45. The summed E-state index contributed by atoms with van der Waals surface area (Å²) in [5, 5.41) is 0.278. The molecule has 0 spiro atoms. The molecule has 0 aliphatic rings. The highest BCUT2D eigenvalue weighted by Gasteiger charge is 2.26. The fourth-order valence-corrected chi connectivity index (χ4v) is 3.57. The van der Waals surface area contributed by atoms with Gasteiger partial charge in [0.15, 0.2) is 5.75 Å². The third-order valence-electron chi connectivity index (χ3n) is 3.32. The molecule has 0 bridgehead atoms. The number of imidazole rings is 1. The zero-order valence-corrected chi connectivity index (χ0v) is 14.0. The number of pyridine rings is 1. The molecular weight excluding hydrogens is 360 g/mol. The van der Waals surface area contributed by atoms with Crippen LogP contribution in [0.15, 0.2) is 41.7 Å². The first-order valence-corrected chi connectivity index (χ1v) is 8.57. The Morgan fingerprint density at radius 1 is 1.38 bits per heavy atom. The smallest absolute Gasteiger partial charge is 0.406 e. The lowest BCUT2D eigenvalue weighted by Gasteiger charge is -2.12. The first-order chi connectivity index (χ1) is 11.5. The van der Waals surface area contributed by atoms with Crippen LogP contribution in [-0.4, -0.2) is 25.9 Å². The molecule has 0 fully saturated rings. The molecule has 0 radical (unpaired) electrons. The van der Waals surface area contributed by atoms with E-state index < -0.39 is 17.8 Å². The van der Waals surface area contributed by atoms with Gasteiger partial charge in [-0.25, -0.2) is 0 Å². The Balaban J connectivity index is 2.02. The highest BCUT2D eigenvalue weighted by atomic mass is 35.5. The highest BCUT2D eigenvalue weighted by molar-refractivity contribution is 7.90. The summed E-state index contributed by atoms with van der Waals surface area (Å²) in [4.78, 5) is 12.8. The standard InChI is InChI=1S/C15H12ClF2N3O2S/c1-9-3-2-6-19-12(9)8-24(22)15-20-11-7-10(16)4-5-13(11)21(15)23-14(17)18/h2-7,14H,8H2,1H3. The average molecular weight is 372 g/mol. The van der Waals surface area contributed by atoms with Gasteiger partial charge in [0, 0.05) is 22.4 Å². The summed E-state index contributed by atoms with van der Waals surface area (Å²) in [6.45, 7) is -1.25. The molecule has 24 heavy (non-hydrogen) atoms. The van der Waals surface area contributed by atoms with E-state index in [0.29, 0.717) is 16.2 Å². The SMILES string of the molecule is Cc1cccnc1C[S+]([O-])c1nc2cc(Cl)ccc2n1OC(F)F. The van der Waals surface area contributed by atoms with E-state index in [1.165, 1.54) is 18.2 Å². The molecule has 0 amide bonds. The molecule has 0 saturated carbocycles. The Morgan fingerprint density at radius 2 is 2.17 bits per heavy atom. The predicted molar refractivity (Wildman–Crippen MR) is 86.4 cm³/mol. The molecule has 9 heteroatoms. The molecule has 126 valence electrons. The third-order valence-corrected chi connectivity index (χ3v) is 4.76. The molecule has 2 aromatic heterocycles. The van der Waals surface area contributed by atoms with Crippen molar-refractivity contribution < 1.29 is 18.2 Å². The van der Waals surface area contributed by atoms with Crippen LogP contribution in [0, 0.1) is 6.92 Å². The summed E-state index contributed by atoms with van der Waals surface area (Å²) in [7, 11) is 0. The van der Waals surface area contributed by atoms with Crippen molar-refractivity contribution in [1.29, 1.82) is 0 Å². The van der Waals surface area contributed by atoms with E-state index in [4.69, 9.17) is 11.6 Å². The lowest BCUT2D eigenvalue weighted by Crippen LogP contribution is -2.22. The summed E-state index contributed by atoms with van der Waals surface area (Å²) in [5.74, 6) is 0.0380. The molecule has 0 aliphatic heterocycles. The van der Waals surface area contributed by atoms with Gasteiger partial charge in [0.2, 0.25) is 0 Å². The number of nitrogens with zero attached hydrogens (tertiary/aromatic N) is 3. The van der Waals surface area contributed by atoms with Crippen molar-refractivity contribution in [1.82, 2.24) is 14.7 Å². The summed E-state index contributed by atoms with van der Waals surface area (Å²) in [6.07, 6.45) is 1.58. The minimum Gasteiger partial charge on any atom is -0.609 e. The van der Waals surface area contributed by atoms with Crippen LogP contribution >= 0.6 is 11.6 Å². The minimum absolute atomic E-state index is 0.0380. The second-order valence-electron chi connectivity index (χ2n) is 4.94. The van der Waals surface area contributed by atoms with Gasteiger partial charge in [-0.2, -0.15) is 13.8 Å². The van der Waals surface area contributed by atoms with Crippen LogP contribution in [-0.2, 0) is 16.9 Å². The quantitative estimate of drug-likeness (QED) is 0.645. The molecule has 3 rings (SSSR count). The highest BCUT2D eigenvalue weighted by Crippen LogP contribution is 2.25. The van der Waals surface area contributed by atoms with Gasteiger partial charge in [-0.05, 0) is 36.8 Å². The molecule has 2 heterocycles. The summed E-state index contributed by atoms with van der Waals surface area (Å²) < 4.78 is 38.9. The maximum absolute atomic E-state index is 12.7. The average Bonchev–Trinajstić information content (AvgIpc) is 2.86. The van der Waals surface area contributed by atoms with E-state index in [9.17, 15) is 13.3 Å². The minimum atomic E-state index is -3.08. The van der Waals surface area contributed by atoms with Crippen molar-refractivity contribution in [2.45, 2.75) is 24.4 Å². The number of rotatable bonds is 5. The number of benzene rings is 1. The molecular formula is C15H12ClF2N3O2S. The maximum Gasteiger partial charge on any atom is 0.406 e. The summed E-state index contributed by atoms with van der Waals surface area (Å²) >= 11 is 4.17. The van der Waals surface area contributed by atoms with E-state index in [1.54, 1.807) is 12.3 Å². The Morgan fingerprint density at radius 3 is 2.88 bits per heavy atom. The van der Waals surface area contributed by atoms with E-state index >= 15 is 0 Å². The molecule has 0 N–H and O–H groups in total. The topological polar surface area (TPSA) is 63.0 Å². The van der Waals surface area contributed by atoms with Gasteiger partial charge in [0.1, 0.15) is 5.52 Å². The lowest BCUT2D eigenvalue weighted by atomic mass is 10.2. The van der Waals surface area contributed by atoms with E-state index in [2.05, 4.69) is 14.8 Å².